The van der Waals surface area contributed by atoms with Crippen molar-refractivity contribution >= 4 is 5.95 Å². The summed E-state index contributed by atoms with van der Waals surface area (Å²) in [4.78, 5) is 4.32. The number of aliphatic hydroxyl groups is 1. The number of anilines is 1. The molecule has 0 amide bonds. The molecule has 5 nitrogen and oxygen atoms in total. The number of aryl methyl sites for hydroxylation is 2. The van der Waals surface area contributed by atoms with Crippen LogP contribution >= 0.6 is 0 Å². The van der Waals surface area contributed by atoms with Gasteiger partial charge in [-0.15, -0.1) is 5.10 Å². The van der Waals surface area contributed by atoms with E-state index in [2.05, 4.69) is 20.5 Å². The van der Waals surface area contributed by atoms with Gasteiger partial charge in [-0.2, -0.15) is 5.10 Å². The molecule has 5 heteroatoms. The average molecular weight is 258 g/mol. The molecule has 0 aliphatic carbocycles. The molecule has 0 spiro atoms. The largest absolute Gasteiger partial charge is 0.396 e. The monoisotopic (exact) mass is 258 g/mol. The van der Waals surface area contributed by atoms with Crippen LogP contribution in [0.15, 0.2) is 24.3 Å². The first-order chi connectivity index (χ1) is 9.19. The summed E-state index contributed by atoms with van der Waals surface area (Å²) < 4.78 is 0. The summed E-state index contributed by atoms with van der Waals surface area (Å²) in [5, 5.41) is 20.0. The number of hydrogen-bond acceptors (Lipinski definition) is 5. The third kappa shape index (κ3) is 3.72. The van der Waals surface area contributed by atoms with Crippen molar-refractivity contribution in [3.8, 4) is 0 Å². The van der Waals surface area contributed by atoms with Gasteiger partial charge in [0.25, 0.3) is 0 Å². The summed E-state index contributed by atoms with van der Waals surface area (Å²) >= 11 is 0. The molecule has 0 aliphatic heterocycles. The summed E-state index contributed by atoms with van der Waals surface area (Å²) in [5.74, 6) is 0.544. The van der Waals surface area contributed by atoms with Crippen LogP contribution in [0.2, 0.25) is 0 Å². The van der Waals surface area contributed by atoms with Crippen LogP contribution in [0.4, 0.5) is 5.95 Å². The first-order valence-corrected chi connectivity index (χ1v) is 6.29. The van der Waals surface area contributed by atoms with Gasteiger partial charge in [-0.3, -0.25) is 0 Å². The van der Waals surface area contributed by atoms with E-state index in [4.69, 9.17) is 5.11 Å². The van der Waals surface area contributed by atoms with Gasteiger partial charge >= 0.3 is 0 Å². The Morgan fingerprint density at radius 2 is 1.68 bits per heavy atom. The van der Waals surface area contributed by atoms with Crippen LogP contribution in [0, 0.1) is 13.8 Å². The molecule has 1 heterocycles. The van der Waals surface area contributed by atoms with E-state index in [1.54, 1.807) is 0 Å². The average Bonchev–Trinajstić information content (AvgIpc) is 2.42. The maximum atomic E-state index is 8.85. The van der Waals surface area contributed by atoms with Crippen molar-refractivity contribution in [1.82, 2.24) is 15.2 Å². The number of hydrogen-bond donors (Lipinski definition) is 2. The van der Waals surface area contributed by atoms with Crippen LogP contribution in [0.3, 0.4) is 0 Å². The lowest BCUT2D eigenvalue weighted by Crippen LogP contribution is -2.07. The van der Waals surface area contributed by atoms with Crippen molar-refractivity contribution in [1.29, 1.82) is 0 Å². The zero-order chi connectivity index (χ0) is 13.7. The Morgan fingerprint density at radius 3 is 2.32 bits per heavy atom. The molecular formula is C14H18N4O. The predicted octanol–water partition coefficient (Wildman–Crippen LogP) is 1.64. The van der Waals surface area contributed by atoms with Crippen LogP contribution in [0.5, 0.6) is 0 Å². The maximum absolute atomic E-state index is 8.85. The van der Waals surface area contributed by atoms with Gasteiger partial charge in [0.2, 0.25) is 5.95 Å². The highest BCUT2D eigenvalue weighted by Crippen LogP contribution is 2.08. The van der Waals surface area contributed by atoms with Gasteiger partial charge in [-0.1, -0.05) is 24.3 Å². The van der Waals surface area contributed by atoms with Crippen LogP contribution in [0.25, 0.3) is 0 Å². The van der Waals surface area contributed by atoms with Crippen LogP contribution in [-0.4, -0.2) is 26.9 Å². The molecule has 19 heavy (non-hydrogen) atoms. The summed E-state index contributed by atoms with van der Waals surface area (Å²) in [6, 6.07) is 8.11. The van der Waals surface area contributed by atoms with E-state index in [1.165, 1.54) is 0 Å². The third-order valence-electron chi connectivity index (χ3n) is 2.97. The Morgan fingerprint density at radius 1 is 1.00 bits per heavy atom. The van der Waals surface area contributed by atoms with Crippen LogP contribution in [0.1, 0.15) is 22.5 Å². The van der Waals surface area contributed by atoms with E-state index >= 15 is 0 Å². The maximum Gasteiger partial charge on any atom is 0.243 e. The van der Waals surface area contributed by atoms with Crippen molar-refractivity contribution in [2.75, 3.05) is 11.9 Å². The molecule has 0 saturated heterocycles. The zero-order valence-electron chi connectivity index (χ0n) is 11.2. The fourth-order valence-corrected chi connectivity index (χ4v) is 1.67. The highest BCUT2D eigenvalue weighted by atomic mass is 16.2. The second-order valence-corrected chi connectivity index (χ2v) is 4.45. The van der Waals surface area contributed by atoms with Crippen molar-refractivity contribution in [2.24, 2.45) is 0 Å². The Hall–Kier alpha value is -2.01. The Kier molecular flexibility index (Phi) is 4.41. The number of aromatic nitrogens is 3. The SMILES string of the molecule is Cc1nnc(NCc2ccc(CCO)cc2)nc1C. The minimum atomic E-state index is 0.180. The van der Waals surface area contributed by atoms with Crippen molar-refractivity contribution in [2.45, 2.75) is 26.8 Å². The first-order valence-electron chi connectivity index (χ1n) is 6.29. The van der Waals surface area contributed by atoms with Crippen molar-refractivity contribution in [3.05, 3.63) is 46.8 Å². The fourth-order valence-electron chi connectivity index (χ4n) is 1.67. The van der Waals surface area contributed by atoms with Crippen molar-refractivity contribution in [3.63, 3.8) is 0 Å². The number of nitrogens with one attached hydrogen (secondary N) is 1. The molecule has 2 aromatic rings. The van der Waals surface area contributed by atoms with Crippen molar-refractivity contribution < 1.29 is 5.11 Å². The second kappa shape index (κ2) is 6.24. The van der Waals surface area contributed by atoms with E-state index < -0.39 is 0 Å². The lowest BCUT2D eigenvalue weighted by Gasteiger charge is -2.06. The quantitative estimate of drug-likeness (QED) is 0.853. The van der Waals surface area contributed by atoms with E-state index in [9.17, 15) is 0 Å². The molecule has 1 aromatic carbocycles. The molecule has 0 aliphatic rings. The lowest BCUT2D eigenvalue weighted by atomic mass is 10.1. The topological polar surface area (TPSA) is 70.9 Å². The van der Waals surface area contributed by atoms with Gasteiger partial charge < -0.3 is 10.4 Å². The highest BCUT2D eigenvalue weighted by molar-refractivity contribution is 5.29. The Labute approximate surface area is 112 Å². The molecule has 0 radical (unpaired) electrons. The number of aliphatic hydroxyl groups excluding tert-OH is 1. The molecular weight excluding hydrogens is 240 g/mol. The molecule has 2 rings (SSSR count). The van der Waals surface area contributed by atoms with E-state index in [0.717, 1.165) is 22.5 Å². The minimum absolute atomic E-state index is 0.180. The minimum Gasteiger partial charge on any atom is -0.396 e. The van der Waals surface area contributed by atoms with Crippen LogP contribution in [-0.2, 0) is 13.0 Å². The molecule has 0 fully saturated rings. The third-order valence-corrected chi connectivity index (χ3v) is 2.97. The van der Waals surface area contributed by atoms with E-state index in [-0.39, 0.29) is 6.61 Å². The Balaban J connectivity index is 1.96. The summed E-state index contributed by atoms with van der Waals surface area (Å²) in [5.41, 5.74) is 4.01. The number of nitrogens with zero attached hydrogens (tertiary/aromatic N) is 3. The molecule has 100 valence electrons. The molecule has 1 aromatic heterocycles. The normalized spacial score (nSPS) is 10.5. The Bertz CT molecular complexity index is 540. The summed E-state index contributed by atoms with van der Waals surface area (Å²) in [6.45, 7) is 4.64. The smallest absolute Gasteiger partial charge is 0.243 e. The molecule has 0 bridgehead atoms. The number of benzene rings is 1. The highest BCUT2D eigenvalue weighted by Gasteiger charge is 2.01. The standard InChI is InChI=1S/C14H18N4O/c1-10-11(2)17-18-14(16-10)15-9-13-5-3-12(4-6-13)7-8-19/h3-6,19H,7-9H2,1-2H3,(H,15,16,18). The summed E-state index contributed by atoms with van der Waals surface area (Å²) in [6.07, 6.45) is 0.692. The van der Waals surface area contributed by atoms with Gasteiger partial charge in [-0.25, -0.2) is 4.98 Å². The predicted molar refractivity (Wildman–Crippen MR) is 73.9 cm³/mol. The first kappa shape index (κ1) is 13.4. The second-order valence-electron chi connectivity index (χ2n) is 4.45. The molecule has 0 saturated carbocycles. The van der Waals surface area contributed by atoms with Gasteiger partial charge in [0.15, 0.2) is 0 Å². The van der Waals surface area contributed by atoms with Gasteiger partial charge in [0.05, 0.1) is 11.4 Å². The molecule has 0 atom stereocenters. The van der Waals surface area contributed by atoms with Gasteiger partial charge in [0, 0.05) is 13.2 Å². The lowest BCUT2D eigenvalue weighted by molar-refractivity contribution is 0.299. The zero-order valence-corrected chi connectivity index (χ0v) is 11.2. The number of rotatable bonds is 5. The van der Waals surface area contributed by atoms with Gasteiger partial charge in [0.1, 0.15) is 0 Å². The van der Waals surface area contributed by atoms with E-state index in [1.807, 2.05) is 38.1 Å². The van der Waals surface area contributed by atoms with E-state index in [0.29, 0.717) is 18.9 Å². The van der Waals surface area contributed by atoms with Crippen LogP contribution < -0.4 is 5.32 Å². The fraction of sp³-hybridized carbons (Fsp3) is 0.357. The van der Waals surface area contributed by atoms with Gasteiger partial charge in [-0.05, 0) is 31.4 Å². The summed E-state index contributed by atoms with van der Waals surface area (Å²) in [7, 11) is 0. The molecule has 2 N–H and O–H groups in total. The molecule has 0 unspecified atom stereocenters.